The zero-order chi connectivity index (χ0) is 23.7. The Morgan fingerprint density at radius 1 is 0.971 bits per heavy atom. The van der Waals surface area contributed by atoms with E-state index >= 15 is 0 Å². The average Bonchev–Trinajstić information content (AvgIpc) is 3.39. The van der Waals surface area contributed by atoms with Gasteiger partial charge in [0.05, 0.1) is 0 Å². The fourth-order valence-electron chi connectivity index (χ4n) is 5.95. The maximum Gasteiger partial charge on any atom is 0.251 e. The maximum atomic E-state index is 13.3. The number of piperazine rings is 1. The Hall–Kier alpha value is -2.61. The molecule has 34 heavy (non-hydrogen) atoms. The summed E-state index contributed by atoms with van der Waals surface area (Å²) in [7, 11) is 0. The molecule has 0 radical (unpaired) electrons. The summed E-state index contributed by atoms with van der Waals surface area (Å²) < 4.78 is 12.1. The summed E-state index contributed by atoms with van der Waals surface area (Å²) in [5.41, 5.74) is 0.778. The average molecular weight is 470 g/mol. The number of rotatable bonds is 3. The molecular formula is C26H35N3O5. The van der Waals surface area contributed by atoms with Gasteiger partial charge in [-0.3, -0.25) is 14.4 Å². The molecule has 1 aromatic carbocycles. The molecule has 0 saturated carbocycles. The van der Waals surface area contributed by atoms with E-state index in [9.17, 15) is 14.4 Å². The van der Waals surface area contributed by atoms with Crippen LogP contribution in [0.4, 0.5) is 0 Å². The van der Waals surface area contributed by atoms with Crippen LogP contribution in [0.15, 0.2) is 24.3 Å². The number of amides is 3. The second-order valence-corrected chi connectivity index (χ2v) is 10.1. The summed E-state index contributed by atoms with van der Waals surface area (Å²) in [5, 5.41) is 0. The summed E-state index contributed by atoms with van der Waals surface area (Å²) in [6.07, 6.45) is 4.25. The monoisotopic (exact) mass is 469 g/mol. The lowest BCUT2D eigenvalue weighted by molar-refractivity contribution is -0.146. The van der Waals surface area contributed by atoms with Gasteiger partial charge in [-0.25, -0.2) is 0 Å². The van der Waals surface area contributed by atoms with Crippen LogP contribution >= 0.6 is 0 Å². The molecule has 3 fully saturated rings. The first kappa shape index (κ1) is 23.1. The fourth-order valence-corrected chi connectivity index (χ4v) is 5.95. The van der Waals surface area contributed by atoms with E-state index in [2.05, 4.69) is 6.07 Å². The highest BCUT2D eigenvalue weighted by Gasteiger charge is 2.44. The van der Waals surface area contributed by atoms with Gasteiger partial charge in [0.15, 0.2) is 0 Å². The van der Waals surface area contributed by atoms with Crippen molar-refractivity contribution in [3.63, 3.8) is 0 Å². The molecule has 8 nitrogen and oxygen atoms in total. The Balaban J connectivity index is 1.22. The molecule has 1 spiro atoms. The maximum absolute atomic E-state index is 13.3. The first-order valence-electron chi connectivity index (χ1n) is 12.7. The van der Waals surface area contributed by atoms with Gasteiger partial charge in [0.2, 0.25) is 11.8 Å². The van der Waals surface area contributed by atoms with Gasteiger partial charge in [0.1, 0.15) is 17.5 Å². The Labute approximate surface area is 201 Å². The summed E-state index contributed by atoms with van der Waals surface area (Å²) >= 11 is 0. The van der Waals surface area contributed by atoms with Crippen molar-refractivity contribution in [3.8, 4) is 5.75 Å². The molecule has 0 aliphatic carbocycles. The highest BCUT2D eigenvalue weighted by atomic mass is 16.5. The SMILES string of the molecule is CC(=O)N1CCC2(CC1)C[C@H](CC(=O)N1CCN(C(=O)[C@H]3CCCO3)CC1)c1ccccc1O2. The van der Waals surface area contributed by atoms with Crippen molar-refractivity contribution in [2.75, 3.05) is 45.9 Å². The van der Waals surface area contributed by atoms with Crippen molar-refractivity contribution in [2.24, 2.45) is 0 Å². The molecule has 1 aromatic rings. The van der Waals surface area contributed by atoms with E-state index in [0.717, 1.165) is 43.4 Å². The Kier molecular flexibility index (Phi) is 6.51. The van der Waals surface area contributed by atoms with Crippen LogP contribution in [0.3, 0.4) is 0 Å². The smallest absolute Gasteiger partial charge is 0.251 e. The largest absolute Gasteiger partial charge is 0.487 e. The van der Waals surface area contributed by atoms with E-state index < -0.39 is 0 Å². The minimum Gasteiger partial charge on any atom is -0.487 e. The van der Waals surface area contributed by atoms with Gasteiger partial charge in [-0.1, -0.05) is 18.2 Å². The van der Waals surface area contributed by atoms with Gasteiger partial charge in [0, 0.05) is 78.0 Å². The summed E-state index contributed by atoms with van der Waals surface area (Å²) in [4.78, 5) is 43.4. The molecule has 0 bridgehead atoms. The van der Waals surface area contributed by atoms with Crippen molar-refractivity contribution in [3.05, 3.63) is 29.8 Å². The van der Waals surface area contributed by atoms with Crippen molar-refractivity contribution in [1.82, 2.24) is 14.7 Å². The van der Waals surface area contributed by atoms with Crippen LogP contribution in [0, 0.1) is 0 Å². The summed E-state index contributed by atoms with van der Waals surface area (Å²) in [6, 6.07) is 8.06. The Morgan fingerprint density at radius 3 is 2.35 bits per heavy atom. The third kappa shape index (κ3) is 4.65. The number of para-hydroxylation sites is 1. The van der Waals surface area contributed by atoms with Crippen molar-refractivity contribution < 1.29 is 23.9 Å². The first-order valence-corrected chi connectivity index (χ1v) is 12.7. The van der Waals surface area contributed by atoms with E-state index in [-0.39, 0.29) is 35.3 Å². The second-order valence-electron chi connectivity index (χ2n) is 10.1. The number of nitrogens with zero attached hydrogens (tertiary/aromatic N) is 3. The molecule has 2 atom stereocenters. The minimum atomic E-state index is -0.322. The minimum absolute atomic E-state index is 0.0711. The van der Waals surface area contributed by atoms with Gasteiger partial charge < -0.3 is 24.2 Å². The second kappa shape index (κ2) is 9.56. The molecule has 184 valence electrons. The van der Waals surface area contributed by atoms with Gasteiger partial charge in [-0.05, 0) is 30.9 Å². The number of ether oxygens (including phenoxy) is 2. The molecule has 0 N–H and O–H groups in total. The Morgan fingerprint density at radius 2 is 1.68 bits per heavy atom. The van der Waals surface area contributed by atoms with E-state index in [1.54, 1.807) is 6.92 Å². The predicted molar refractivity (Wildman–Crippen MR) is 125 cm³/mol. The normalized spacial score (nSPS) is 26.2. The zero-order valence-electron chi connectivity index (χ0n) is 20.0. The lowest BCUT2D eigenvalue weighted by atomic mass is 9.76. The number of piperidine rings is 1. The van der Waals surface area contributed by atoms with Crippen LogP contribution in [0.2, 0.25) is 0 Å². The third-order valence-electron chi connectivity index (χ3n) is 7.99. The summed E-state index contributed by atoms with van der Waals surface area (Å²) in [5.74, 6) is 1.28. The number of hydrogen-bond donors (Lipinski definition) is 0. The molecule has 3 saturated heterocycles. The van der Waals surface area contributed by atoms with Crippen LogP contribution in [-0.4, -0.2) is 90.0 Å². The van der Waals surface area contributed by atoms with Gasteiger partial charge in [0.25, 0.3) is 5.91 Å². The van der Waals surface area contributed by atoms with Crippen LogP contribution in [0.5, 0.6) is 5.75 Å². The number of fused-ring (bicyclic) bond motifs is 1. The Bertz CT molecular complexity index is 928. The van der Waals surface area contributed by atoms with Crippen LogP contribution < -0.4 is 4.74 Å². The first-order chi connectivity index (χ1) is 16.4. The molecule has 8 heteroatoms. The van der Waals surface area contributed by atoms with Crippen molar-refractivity contribution >= 4 is 17.7 Å². The highest BCUT2D eigenvalue weighted by molar-refractivity contribution is 5.82. The quantitative estimate of drug-likeness (QED) is 0.678. The molecule has 0 aromatic heterocycles. The standard InChI is InChI=1S/C26H35N3O5/c1-19(30)27-10-8-26(9-11-27)18-20(21-5-2-3-6-22(21)34-26)17-24(31)28-12-14-29(15-13-28)25(32)23-7-4-16-33-23/h2-3,5-6,20,23H,4,7-18H2,1H3/t20-,23+/m0/s1. The highest BCUT2D eigenvalue weighted by Crippen LogP contribution is 2.46. The number of carbonyl (C=O) groups is 3. The van der Waals surface area contributed by atoms with E-state index in [1.807, 2.05) is 32.9 Å². The molecule has 4 aliphatic rings. The van der Waals surface area contributed by atoms with Gasteiger partial charge in [-0.2, -0.15) is 0 Å². The van der Waals surface area contributed by atoms with Crippen LogP contribution in [0.1, 0.15) is 56.9 Å². The number of hydrogen-bond acceptors (Lipinski definition) is 5. The molecule has 5 rings (SSSR count). The zero-order valence-corrected chi connectivity index (χ0v) is 20.0. The van der Waals surface area contributed by atoms with Crippen LogP contribution in [-0.2, 0) is 19.1 Å². The molecular weight excluding hydrogens is 434 g/mol. The van der Waals surface area contributed by atoms with Crippen LogP contribution in [0.25, 0.3) is 0 Å². The van der Waals surface area contributed by atoms with Gasteiger partial charge >= 0.3 is 0 Å². The fraction of sp³-hybridized carbons (Fsp3) is 0.654. The topological polar surface area (TPSA) is 79.4 Å². The lowest BCUT2D eigenvalue weighted by Crippen LogP contribution is -2.53. The van der Waals surface area contributed by atoms with E-state index in [4.69, 9.17) is 9.47 Å². The predicted octanol–water partition coefficient (Wildman–Crippen LogP) is 2.17. The van der Waals surface area contributed by atoms with Crippen molar-refractivity contribution in [2.45, 2.75) is 63.1 Å². The lowest BCUT2D eigenvalue weighted by Gasteiger charge is -2.47. The van der Waals surface area contributed by atoms with E-state index in [1.165, 1.54) is 0 Å². The molecule has 0 unspecified atom stereocenters. The number of benzene rings is 1. The molecule has 4 heterocycles. The van der Waals surface area contributed by atoms with E-state index in [0.29, 0.717) is 52.3 Å². The number of likely N-dealkylation sites (tertiary alicyclic amines) is 1. The molecule has 3 amide bonds. The van der Waals surface area contributed by atoms with Gasteiger partial charge in [-0.15, -0.1) is 0 Å². The van der Waals surface area contributed by atoms with Crippen molar-refractivity contribution in [1.29, 1.82) is 0 Å². The summed E-state index contributed by atoms with van der Waals surface area (Å²) in [6.45, 7) is 5.94. The third-order valence-corrected chi connectivity index (χ3v) is 7.99. The molecule has 4 aliphatic heterocycles. The number of carbonyl (C=O) groups excluding carboxylic acids is 3.